The van der Waals surface area contributed by atoms with Crippen LogP contribution in [-0.2, 0) is 6.54 Å². The fraction of sp³-hybridized carbons (Fsp3) is 0.357. The molecule has 0 aliphatic rings. The summed E-state index contributed by atoms with van der Waals surface area (Å²) in [6.45, 7) is 6.28. The van der Waals surface area contributed by atoms with Crippen LogP contribution in [0.4, 0.5) is 0 Å². The van der Waals surface area contributed by atoms with E-state index in [0.717, 1.165) is 23.3 Å². The largest absolute Gasteiger partial charge is 0.311 e. The van der Waals surface area contributed by atoms with Gasteiger partial charge in [-0.2, -0.15) is 0 Å². The summed E-state index contributed by atoms with van der Waals surface area (Å²) >= 11 is 5.88. The number of hydrogen-bond acceptors (Lipinski definition) is 2. The molecular weight excluding hydrogens is 403 g/mol. The highest BCUT2D eigenvalue weighted by atomic mass is 127. The van der Waals surface area contributed by atoms with Crippen LogP contribution in [0, 0.1) is 9.49 Å². The summed E-state index contributed by atoms with van der Waals surface area (Å²) < 4.78 is 2.36. The van der Waals surface area contributed by atoms with Gasteiger partial charge in [0.15, 0.2) is 0 Å². The first kappa shape index (κ1) is 14.2. The van der Waals surface area contributed by atoms with Crippen molar-refractivity contribution in [1.29, 1.82) is 0 Å². The van der Waals surface area contributed by atoms with Crippen LogP contribution in [0.2, 0.25) is 0 Å². The Morgan fingerprint density at radius 2 is 2.06 bits per heavy atom. The minimum atomic E-state index is 0.669. The first-order valence-corrected chi connectivity index (χ1v) is 7.88. The summed E-state index contributed by atoms with van der Waals surface area (Å²) in [5.41, 5.74) is 1.10. The molecule has 2 rings (SSSR count). The van der Waals surface area contributed by atoms with Gasteiger partial charge in [-0.15, -0.1) is 0 Å². The van der Waals surface area contributed by atoms with E-state index in [4.69, 9.17) is 0 Å². The molecule has 0 aliphatic carbocycles. The van der Waals surface area contributed by atoms with Crippen LogP contribution in [-0.4, -0.2) is 11.5 Å². The number of nitrogens with zero attached hydrogens (tertiary/aromatic N) is 1. The SMILES string of the molecule is CC(C)CNCc1cc2cc(I)c(Br)cc2cn1. The van der Waals surface area contributed by atoms with Crippen molar-refractivity contribution in [2.75, 3.05) is 6.54 Å². The van der Waals surface area contributed by atoms with E-state index >= 15 is 0 Å². The predicted octanol–water partition coefficient (Wildman–Crippen LogP) is 4.35. The average molecular weight is 419 g/mol. The number of aromatic nitrogens is 1. The third-order valence-electron chi connectivity index (χ3n) is 2.68. The van der Waals surface area contributed by atoms with Crippen molar-refractivity contribution in [2.45, 2.75) is 20.4 Å². The zero-order valence-corrected chi connectivity index (χ0v) is 14.2. The van der Waals surface area contributed by atoms with E-state index in [1.165, 1.54) is 14.3 Å². The van der Waals surface area contributed by atoms with E-state index < -0.39 is 0 Å². The van der Waals surface area contributed by atoms with Gasteiger partial charge in [-0.05, 0) is 74.6 Å². The first-order valence-electron chi connectivity index (χ1n) is 6.00. The Balaban J connectivity index is 2.19. The van der Waals surface area contributed by atoms with Gasteiger partial charge in [0.1, 0.15) is 0 Å². The van der Waals surface area contributed by atoms with Crippen molar-refractivity contribution in [3.05, 3.63) is 38.1 Å². The van der Waals surface area contributed by atoms with Crippen molar-refractivity contribution in [1.82, 2.24) is 10.3 Å². The lowest BCUT2D eigenvalue weighted by molar-refractivity contribution is 0.548. The molecule has 0 fully saturated rings. The van der Waals surface area contributed by atoms with Crippen molar-refractivity contribution in [2.24, 2.45) is 5.92 Å². The molecule has 2 aromatic rings. The van der Waals surface area contributed by atoms with E-state index in [1.54, 1.807) is 0 Å². The minimum Gasteiger partial charge on any atom is -0.311 e. The molecule has 0 amide bonds. The maximum absolute atomic E-state index is 4.49. The quantitative estimate of drug-likeness (QED) is 0.746. The number of hydrogen-bond donors (Lipinski definition) is 1. The smallest absolute Gasteiger partial charge is 0.0548 e. The molecule has 0 atom stereocenters. The van der Waals surface area contributed by atoms with Crippen LogP contribution in [0.25, 0.3) is 10.8 Å². The molecular formula is C14H16BrIN2. The number of fused-ring (bicyclic) bond motifs is 1. The second-order valence-electron chi connectivity index (χ2n) is 4.81. The lowest BCUT2D eigenvalue weighted by atomic mass is 10.1. The Morgan fingerprint density at radius 1 is 1.28 bits per heavy atom. The summed E-state index contributed by atoms with van der Waals surface area (Å²) in [5, 5.41) is 5.84. The number of rotatable bonds is 4. The molecule has 2 nitrogen and oxygen atoms in total. The lowest BCUT2D eigenvalue weighted by Crippen LogP contribution is -2.19. The fourth-order valence-electron chi connectivity index (χ4n) is 1.77. The molecule has 0 unspecified atom stereocenters. The van der Waals surface area contributed by atoms with Gasteiger partial charge in [-0.3, -0.25) is 4.98 Å². The Labute approximate surface area is 130 Å². The molecule has 1 heterocycles. The molecule has 1 aromatic heterocycles. The highest BCUT2D eigenvalue weighted by Crippen LogP contribution is 2.25. The fourth-order valence-corrected chi connectivity index (χ4v) is 2.62. The third kappa shape index (κ3) is 3.65. The van der Waals surface area contributed by atoms with Gasteiger partial charge >= 0.3 is 0 Å². The standard InChI is InChI=1S/C14H16BrIN2/c1-9(2)6-17-8-12-3-10-5-14(16)13(15)4-11(10)7-18-12/h3-5,7,9,17H,6,8H2,1-2H3. The average Bonchev–Trinajstić information content (AvgIpc) is 2.30. The van der Waals surface area contributed by atoms with E-state index in [-0.39, 0.29) is 0 Å². The molecule has 1 N–H and O–H groups in total. The number of pyridine rings is 1. The summed E-state index contributed by atoms with van der Waals surface area (Å²) in [4.78, 5) is 4.49. The van der Waals surface area contributed by atoms with E-state index in [1.807, 2.05) is 6.20 Å². The van der Waals surface area contributed by atoms with Gasteiger partial charge in [0.2, 0.25) is 0 Å². The molecule has 0 radical (unpaired) electrons. The molecule has 0 saturated carbocycles. The Kier molecular flexibility index (Phi) is 4.98. The molecule has 0 bridgehead atoms. The van der Waals surface area contributed by atoms with Crippen LogP contribution in [0.3, 0.4) is 0 Å². The van der Waals surface area contributed by atoms with Gasteiger partial charge in [0.05, 0.1) is 5.69 Å². The molecule has 1 aromatic carbocycles. The summed E-state index contributed by atoms with van der Waals surface area (Å²) in [6.07, 6.45) is 1.95. The lowest BCUT2D eigenvalue weighted by Gasteiger charge is -2.08. The molecule has 96 valence electrons. The number of benzene rings is 1. The molecule has 0 aliphatic heterocycles. The predicted molar refractivity (Wildman–Crippen MR) is 88.7 cm³/mol. The summed E-state index contributed by atoms with van der Waals surface area (Å²) in [5.74, 6) is 0.669. The van der Waals surface area contributed by atoms with Crippen molar-refractivity contribution >= 4 is 49.3 Å². The number of halogens is 2. The highest BCUT2D eigenvalue weighted by Gasteiger charge is 2.03. The maximum Gasteiger partial charge on any atom is 0.0548 e. The van der Waals surface area contributed by atoms with Crippen LogP contribution < -0.4 is 5.32 Å². The van der Waals surface area contributed by atoms with Gasteiger partial charge in [0, 0.05) is 26.2 Å². The molecule has 4 heteroatoms. The van der Waals surface area contributed by atoms with Crippen molar-refractivity contribution in [3.8, 4) is 0 Å². The number of nitrogens with one attached hydrogen (secondary N) is 1. The van der Waals surface area contributed by atoms with E-state index in [9.17, 15) is 0 Å². The summed E-state index contributed by atoms with van der Waals surface area (Å²) in [6, 6.07) is 6.47. The van der Waals surface area contributed by atoms with Crippen molar-refractivity contribution in [3.63, 3.8) is 0 Å². The maximum atomic E-state index is 4.49. The van der Waals surface area contributed by atoms with Crippen LogP contribution in [0.15, 0.2) is 28.9 Å². The van der Waals surface area contributed by atoms with Crippen LogP contribution in [0.1, 0.15) is 19.5 Å². The second-order valence-corrected chi connectivity index (χ2v) is 6.83. The monoisotopic (exact) mass is 418 g/mol. The first-order chi connectivity index (χ1) is 8.56. The van der Waals surface area contributed by atoms with Gasteiger partial charge in [-0.25, -0.2) is 0 Å². The topological polar surface area (TPSA) is 24.9 Å². The van der Waals surface area contributed by atoms with E-state index in [0.29, 0.717) is 5.92 Å². The Hall–Kier alpha value is -0.200. The molecule has 0 spiro atoms. The normalized spacial score (nSPS) is 11.4. The van der Waals surface area contributed by atoms with Gasteiger partial charge in [-0.1, -0.05) is 13.8 Å². The zero-order chi connectivity index (χ0) is 13.1. The molecule has 18 heavy (non-hydrogen) atoms. The van der Waals surface area contributed by atoms with Crippen LogP contribution in [0.5, 0.6) is 0 Å². The summed E-state index contributed by atoms with van der Waals surface area (Å²) in [7, 11) is 0. The van der Waals surface area contributed by atoms with Gasteiger partial charge < -0.3 is 5.32 Å². The van der Waals surface area contributed by atoms with E-state index in [2.05, 4.69) is 80.9 Å². The zero-order valence-electron chi connectivity index (χ0n) is 10.5. The Morgan fingerprint density at radius 3 is 2.78 bits per heavy atom. The van der Waals surface area contributed by atoms with Crippen molar-refractivity contribution < 1.29 is 0 Å². The Bertz CT molecular complexity index is 555. The highest BCUT2D eigenvalue weighted by molar-refractivity contribution is 14.1. The second kappa shape index (κ2) is 6.30. The van der Waals surface area contributed by atoms with Gasteiger partial charge in [0.25, 0.3) is 0 Å². The minimum absolute atomic E-state index is 0.669. The molecule has 0 saturated heterocycles. The van der Waals surface area contributed by atoms with Crippen LogP contribution >= 0.6 is 38.5 Å². The third-order valence-corrected chi connectivity index (χ3v) is 4.97.